The number of nitro benzene ring substituents is 1. The third-order valence-electron chi connectivity index (χ3n) is 3.35. The Balaban J connectivity index is 2.84. The van der Waals surface area contributed by atoms with E-state index in [1.165, 1.54) is 12.1 Å². The maximum absolute atomic E-state index is 11.0. The summed E-state index contributed by atoms with van der Waals surface area (Å²) < 4.78 is 0. The van der Waals surface area contributed by atoms with Crippen molar-refractivity contribution in [3.05, 3.63) is 39.9 Å². The molecule has 0 spiro atoms. The van der Waals surface area contributed by atoms with Gasteiger partial charge in [0.25, 0.3) is 5.69 Å². The largest absolute Gasteiger partial charge is 0.481 e. The maximum atomic E-state index is 11.0. The van der Waals surface area contributed by atoms with Crippen LogP contribution >= 0.6 is 0 Å². The molecule has 0 saturated carbocycles. The molecule has 0 saturated heterocycles. The first kappa shape index (κ1) is 14.2. The molecule has 0 bridgehead atoms. The average molecular weight is 251 g/mol. The lowest BCUT2D eigenvalue weighted by molar-refractivity contribution is -0.384. The van der Waals surface area contributed by atoms with Gasteiger partial charge in [-0.05, 0) is 17.4 Å². The first-order valence-electron chi connectivity index (χ1n) is 5.70. The fraction of sp³-hybridized carbons (Fsp3) is 0.462. The third-order valence-corrected chi connectivity index (χ3v) is 3.35. The van der Waals surface area contributed by atoms with E-state index in [0.29, 0.717) is 6.42 Å². The highest BCUT2D eigenvalue weighted by molar-refractivity contribution is 5.70. The number of hydrogen-bond donors (Lipinski definition) is 1. The normalized spacial score (nSPS) is 13.1. The van der Waals surface area contributed by atoms with Gasteiger partial charge in [-0.15, -0.1) is 0 Å². The highest BCUT2D eigenvalue weighted by Gasteiger charge is 2.31. The minimum Gasteiger partial charge on any atom is -0.481 e. The Labute approximate surface area is 106 Å². The first-order chi connectivity index (χ1) is 8.24. The summed E-state index contributed by atoms with van der Waals surface area (Å²) in [5.41, 5.74) is 0.545. The second-order valence-electron chi connectivity index (χ2n) is 5.15. The molecular formula is C13H17NO4. The van der Waals surface area contributed by atoms with Crippen molar-refractivity contribution in [2.75, 3.05) is 0 Å². The molecule has 0 amide bonds. The molecule has 98 valence electrons. The zero-order valence-electron chi connectivity index (χ0n) is 10.7. The Morgan fingerprint density at radius 2 is 1.89 bits per heavy atom. The summed E-state index contributed by atoms with van der Waals surface area (Å²) in [6.07, 6.45) is 0.568. The molecule has 1 atom stereocenters. The van der Waals surface area contributed by atoms with E-state index in [0.717, 1.165) is 5.56 Å². The van der Waals surface area contributed by atoms with Gasteiger partial charge < -0.3 is 5.11 Å². The van der Waals surface area contributed by atoms with Crippen LogP contribution < -0.4 is 0 Å². The molecule has 1 aromatic carbocycles. The van der Waals surface area contributed by atoms with Crippen molar-refractivity contribution < 1.29 is 14.8 Å². The molecule has 0 aliphatic heterocycles. The zero-order valence-corrected chi connectivity index (χ0v) is 10.7. The van der Waals surface area contributed by atoms with Crippen molar-refractivity contribution >= 4 is 11.7 Å². The molecule has 0 aliphatic carbocycles. The van der Waals surface area contributed by atoms with E-state index in [1.54, 1.807) is 19.1 Å². The smallest absolute Gasteiger partial charge is 0.306 e. The Hall–Kier alpha value is -1.91. The third kappa shape index (κ3) is 3.29. The summed E-state index contributed by atoms with van der Waals surface area (Å²) >= 11 is 0. The van der Waals surface area contributed by atoms with Crippen LogP contribution in [-0.2, 0) is 11.2 Å². The van der Waals surface area contributed by atoms with Gasteiger partial charge in [0.05, 0.1) is 10.8 Å². The van der Waals surface area contributed by atoms with Crippen molar-refractivity contribution in [2.45, 2.75) is 27.2 Å². The quantitative estimate of drug-likeness (QED) is 0.644. The van der Waals surface area contributed by atoms with Crippen LogP contribution in [0.25, 0.3) is 0 Å². The van der Waals surface area contributed by atoms with Gasteiger partial charge >= 0.3 is 5.97 Å². The minimum atomic E-state index is -0.832. The van der Waals surface area contributed by atoms with Gasteiger partial charge in [-0.3, -0.25) is 14.9 Å². The number of carboxylic acids is 1. The van der Waals surface area contributed by atoms with Crippen molar-refractivity contribution in [3.8, 4) is 0 Å². The molecule has 5 nitrogen and oxygen atoms in total. The van der Waals surface area contributed by atoms with E-state index >= 15 is 0 Å². The van der Waals surface area contributed by atoms with Crippen LogP contribution in [0.1, 0.15) is 26.3 Å². The molecule has 0 aromatic heterocycles. The predicted molar refractivity (Wildman–Crippen MR) is 67.4 cm³/mol. The highest BCUT2D eigenvalue weighted by Crippen LogP contribution is 2.31. The van der Waals surface area contributed by atoms with Crippen LogP contribution in [0.2, 0.25) is 0 Å². The molecule has 18 heavy (non-hydrogen) atoms. The Morgan fingerprint density at radius 1 is 1.39 bits per heavy atom. The van der Waals surface area contributed by atoms with E-state index in [1.807, 2.05) is 13.8 Å². The van der Waals surface area contributed by atoms with E-state index < -0.39 is 22.2 Å². The number of benzene rings is 1. The van der Waals surface area contributed by atoms with E-state index in [9.17, 15) is 14.9 Å². The first-order valence-corrected chi connectivity index (χ1v) is 5.70. The monoisotopic (exact) mass is 251 g/mol. The number of carbonyl (C=O) groups is 1. The summed E-state index contributed by atoms with van der Waals surface area (Å²) in [6.45, 7) is 5.44. The summed E-state index contributed by atoms with van der Waals surface area (Å²) in [5.74, 6) is -1.31. The van der Waals surface area contributed by atoms with Crippen LogP contribution in [-0.4, -0.2) is 16.0 Å². The predicted octanol–water partition coefficient (Wildman–Crippen LogP) is 2.88. The standard InChI is InChI=1S/C13H17NO4/c1-9(12(15)16)13(2,3)8-10-4-6-11(7-5-10)14(17)18/h4-7,9H,8H2,1-3H3,(H,15,16). The molecule has 1 unspecified atom stereocenters. The molecular weight excluding hydrogens is 234 g/mol. The fourth-order valence-electron chi connectivity index (χ4n) is 1.75. The lowest BCUT2D eigenvalue weighted by Crippen LogP contribution is -2.30. The van der Waals surface area contributed by atoms with Gasteiger partial charge in [-0.25, -0.2) is 0 Å². The lowest BCUT2D eigenvalue weighted by Gasteiger charge is -2.29. The van der Waals surface area contributed by atoms with E-state index in [4.69, 9.17) is 5.11 Å². The molecule has 0 aliphatic rings. The van der Waals surface area contributed by atoms with Crippen LogP contribution in [0.15, 0.2) is 24.3 Å². The Bertz CT molecular complexity index is 451. The molecule has 1 N–H and O–H groups in total. The highest BCUT2D eigenvalue weighted by atomic mass is 16.6. The summed E-state index contributed by atoms with van der Waals surface area (Å²) in [4.78, 5) is 21.1. The van der Waals surface area contributed by atoms with Crippen molar-refractivity contribution in [3.63, 3.8) is 0 Å². The minimum absolute atomic E-state index is 0.0443. The summed E-state index contributed by atoms with van der Waals surface area (Å²) in [5, 5.41) is 19.5. The van der Waals surface area contributed by atoms with Gasteiger partial charge in [0, 0.05) is 12.1 Å². The van der Waals surface area contributed by atoms with Crippen LogP contribution in [0.3, 0.4) is 0 Å². The van der Waals surface area contributed by atoms with E-state index in [2.05, 4.69) is 0 Å². The van der Waals surface area contributed by atoms with Crippen molar-refractivity contribution in [2.24, 2.45) is 11.3 Å². The van der Waals surface area contributed by atoms with Crippen molar-refractivity contribution in [1.82, 2.24) is 0 Å². The molecule has 0 radical (unpaired) electrons. The zero-order chi connectivity index (χ0) is 13.9. The van der Waals surface area contributed by atoms with Crippen LogP contribution in [0, 0.1) is 21.4 Å². The summed E-state index contributed by atoms with van der Waals surface area (Å²) in [7, 11) is 0. The summed E-state index contributed by atoms with van der Waals surface area (Å²) in [6, 6.07) is 6.23. The molecule has 0 fully saturated rings. The lowest BCUT2D eigenvalue weighted by atomic mass is 9.75. The second kappa shape index (κ2) is 5.16. The van der Waals surface area contributed by atoms with Gasteiger partial charge in [0.15, 0.2) is 0 Å². The van der Waals surface area contributed by atoms with Gasteiger partial charge in [0.1, 0.15) is 0 Å². The average Bonchev–Trinajstić information content (AvgIpc) is 2.28. The van der Waals surface area contributed by atoms with Crippen LogP contribution in [0.5, 0.6) is 0 Å². The van der Waals surface area contributed by atoms with Crippen molar-refractivity contribution in [1.29, 1.82) is 0 Å². The molecule has 0 heterocycles. The van der Waals surface area contributed by atoms with Crippen LogP contribution in [0.4, 0.5) is 5.69 Å². The van der Waals surface area contributed by atoms with E-state index in [-0.39, 0.29) is 5.69 Å². The molecule has 1 rings (SSSR count). The number of aliphatic carboxylic acids is 1. The molecule has 1 aromatic rings. The van der Waals surface area contributed by atoms with Gasteiger partial charge in [-0.1, -0.05) is 32.9 Å². The number of non-ortho nitro benzene ring substituents is 1. The molecule has 5 heteroatoms. The Morgan fingerprint density at radius 3 is 2.28 bits per heavy atom. The number of carboxylic acid groups (broad SMARTS) is 1. The topological polar surface area (TPSA) is 80.4 Å². The SMILES string of the molecule is CC(C(=O)O)C(C)(C)Cc1ccc([N+](=O)[O-])cc1. The number of hydrogen-bond acceptors (Lipinski definition) is 3. The number of nitrogens with zero attached hydrogens (tertiary/aromatic N) is 1. The van der Waals surface area contributed by atoms with Gasteiger partial charge in [0.2, 0.25) is 0 Å². The van der Waals surface area contributed by atoms with Gasteiger partial charge in [-0.2, -0.15) is 0 Å². The number of rotatable bonds is 5. The maximum Gasteiger partial charge on any atom is 0.306 e. The number of nitro groups is 1. The fourth-order valence-corrected chi connectivity index (χ4v) is 1.75. The Kier molecular flexibility index (Phi) is 4.06. The second-order valence-corrected chi connectivity index (χ2v) is 5.15.